The molecule has 0 radical (unpaired) electrons. The van der Waals surface area contributed by atoms with Crippen LogP contribution in [0.25, 0.3) is 22.1 Å². The Morgan fingerprint density at radius 1 is 0.973 bits per heavy atom. The number of ether oxygens (including phenoxy) is 4. The van der Waals surface area contributed by atoms with Crippen molar-refractivity contribution in [1.82, 2.24) is 0 Å². The minimum atomic E-state index is -0.442. The Morgan fingerprint density at radius 2 is 1.70 bits per heavy atom. The van der Waals surface area contributed by atoms with Gasteiger partial charge in [-0.15, -0.1) is 0 Å². The molecule has 0 fully saturated rings. The highest BCUT2D eigenvalue weighted by Gasteiger charge is 2.33. The zero-order valence-electron chi connectivity index (χ0n) is 20.9. The number of phenolic OH excluding ortho intramolecular Hbond substituents is 1. The summed E-state index contributed by atoms with van der Waals surface area (Å²) in [4.78, 5) is 26.1. The van der Waals surface area contributed by atoms with E-state index in [0.29, 0.717) is 28.4 Å². The summed E-state index contributed by atoms with van der Waals surface area (Å²) in [5, 5.41) is 10.8. The SMILES string of the molecule is COc1ccc(-c2coc3c4c(cc(O)c3c2=O)OC(=O)C[C@H]4c2ccc(OC(C)C)cc2)cc1OC. The molecular formula is C29H26O8. The first-order valence-electron chi connectivity index (χ1n) is 11.8. The summed E-state index contributed by atoms with van der Waals surface area (Å²) in [5.41, 5.74) is 1.88. The van der Waals surface area contributed by atoms with Crippen LogP contribution >= 0.6 is 0 Å². The van der Waals surface area contributed by atoms with Crippen LogP contribution in [0, 0.1) is 0 Å². The van der Waals surface area contributed by atoms with Gasteiger partial charge in [0.05, 0.1) is 32.3 Å². The second kappa shape index (κ2) is 9.54. The molecule has 0 bridgehead atoms. The Balaban J connectivity index is 1.67. The summed E-state index contributed by atoms with van der Waals surface area (Å²) in [7, 11) is 3.03. The van der Waals surface area contributed by atoms with Crippen LogP contribution in [-0.2, 0) is 4.79 Å². The first kappa shape index (κ1) is 24.2. The highest BCUT2D eigenvalue weighted by atomic mass is 16.5. The zero-order valence-corrected chi connectivity index (χ0v) is 20.9. The molecule has 5 rings (SSSR count). The predicted octanol–water partition coefficient (Wildman–Crippen LogP) is 5.41. The van der Waals surface area contributed by atoms with Crippen LogP contribution in [0.1, 0.15) is 37.3 Å². The normalized spacial score (nSPS) is 14.8. The van der Waals surface area contributed by atoms with Crippen molar-refractivity contribution < 1.29 is 33.3 Å². The van der Waals surface area contributed by atoms with Gasteiger partial charge in [-0.2, -0.15) is 0 Å². The molecule has 0 spiro atoms. The summed E-state index contributed by atoms with van der Waals surface area (Å²) in [5.74, 6) is 0.619. The smallest absolute Gasteiger partial charge is 0.312 e. The van der Waals surface area contributed by atoms with E-state index in [0.717, 1.165) is 5.56 Å². The molecule has 1 atom stereocenters. The number of hydrogen-bond acceptors (Lipinski definition) is 8. The van der Waals surface area contributed by atoms with Crippen LogP contribution in [-0.4, -0.2) is 31.4 Å². The lowest BCUT2D eigenvalue weighted by Crippen LogP contribution is -2.22. The molecule has 1 N–H and O–H groups in total. The third-order valence-electron chi connectivity index (χ3n) is 6.32. The number of carbonyl (C=O) groups is 1. The maximum Gasteiger partial charge on any atom is 0.312 e. The van der Waals surface area contributed by atoms with Crippen molar-refractivity contribution in [2.75, 3.05) is 14.2 Å². The van der Waals surface area contributed by atoms with Crippen molar-refractivity contribution in [3.05, 3.63) is 76.1 Å². The summed E-state index contributed by atoms with van der Waals surface area (Å²) < 4.78 is 27.8. The number of aromatic hydroxyl groups is 1. The van der Waals surface area contributed by atoms with E-state index in [4.69, 9.17) is 23.4 Å². The fourth-order valence-electron chi connectivity index (χ4n) is 4.67. The Morgan fingerprint density at radius 3 is 2.38 bits per heavy atom. The molecule has 3 aromatic carbocycles. The maximum absolute atomic E-state index is 13.6. The maximum atomic E-state index is 13.6. The van der Waals surface area contributed by atoms with Gasteiger partial charge in [0.25, 0.3) is 0 Å². The Bertz CT molecular complexity index is 1550. The summed E-state index contributed by atoms with van der Waals surface area (Å²) >= 11 is 0. The molecule has 8 nitrogen and oxygen atoms in total. The van der Waals surface area contributed by atoms with Crippen LogP contribution in [0.5, 0.6) is 28.7 Å². The highest BCUT2D eigenvalue weighted by Crippen LogP contribution is 2.46. The van der Waals surface area contributed by atoms with E-state index in [2.05, 4.69) is 0 Å². The van der Waals surface area contributed by atoms with E-state index in [9.17, 15) is 14.7 Å². The van der Waals surface area contributed by atoms with E-state index in [-0.39, 0.29) is 40.6 Å². The molecule has 2 heterocycles. The third-order valence-corrected chi connectivity index (χ3v) is 6.32. The standard InChI is InChI=1S/C29H26O8/c1-15(2)36-18-8-5-16(6-9-18)19-12-25(31)37-24-13-21(30)27-28(32)20(14-35-29(27)26(19)24)17-7-10-22(33-3)23(11-17)34-4/h5-11,13-15,19,30H,12H2,1-4H3/t19-/m0/s1. The van der Waals surface area contributed by atoms with Gasteiger partial charge in [-0.3, -0.25) is 9.59 Å². The largest absolute Gasteiger partial charge is 0.507 e. The monoisotopic (exact) mass is 502 g/mol. The molecule has 1 aliphatic rings. The van der Waals surface area contributed by atoms with Gasteiger partial charge >= 0.3 is 5.97 Å². The summed E-state index contributed by atoms with van der Waals surface area (Å²) in [6.45, 7) is 3.89. The van der Waals surface area contributed by atoms with E-state index in [1.807, 2.05) is 38.1 Å². The lowest BCUT2D eigenvalue weighted by Gasteiger charge is -2.26. The van der Waals surface area contributed by atoms with Crippen LogP contribution < -0.4 is 24.4 Å². The predicted molar refractivity (Wildman–Crippen MR) is 137 cm³/mol. The first-order valence-corrected chi connectivity index (χ1v) is 11.8. The third kappa shape index (κ3) is 4.35. The van der Waals surface area contributed by atoms with Gasteiger partial charge in [0.15, 0.2) is 11.5 Å². The molecule has 1 aromatic heterocycles. The van der Waals surface area contributed by atoms with Gasteiger partial charge in [0.2, 0.25) is 5.43 Å². The Labute approximate surface area is 213 Å². The summed E-state index contributed by atoms with van der Waals surface area (Å²) in [6.07, 6.45) is 1.43. The van der Waals surface area contributed by atoms with Crippen molar-refractivity contribution in [2.45, 2.75) is 32.3 Å². The van der Waals surface area contributed by atoms with Crippen LogP contribution in [0.4, 0.5) is 0 Å². The Kier molecular flexibility index (Phi) is 6.25. The van der Waals surface area contributed by atoms with E-state index >= 15 is 0 Å². The number of esters is 1. The molecule has 0 amide bonds. The first-order chi connectivity index (χ1) is 17.8. The number of benzene rings is 3. The highest BCUT2D eigenvalue weighted by molar-refractivity contribution is 5.94. The van der Waals surface area contributed by atoms with Gasteiger partial charge in [-0.05, 0) is 49.2 Å². The number of phenols is 1. The molecule has 4 aromatic rings. The minimum absolute atomic E-state index is 0.00810. The molecule has 0 saturated carbocycles. The van der Waals surface area contributed by atoms with Gasteiger partial charge < -0.3 is 28.5 Å². The molecule has 0 aliphatic carbocycles. The van der Waals surface area contributed by atoms with Crippen molar-refractivity contribution in [3.8, 4) is 39.9 Å². The van der Waals surface area contributed by atoms with Crippen LogP contribution in [0.2, 0.25) is 0 Å². The lowest BCUT2D eigenvalue weighted by atomic mass is 9.85. The molecule has 190 valence electrons. The second-order valence-electron chi connectivity index (χ2n) is 9.03. The summed E-state index contributed by atoms with van der Waals surface area (Å²) in [6, 6.07) is 13.8. The van der Waals surface area contributed by atoms with Crippen molar-refractivity contribution in [3.63, 3.8) is 0 Å². The van der Waals surface area contributed by atoms with Crippen molar-refractivity contribution in [2.24, 2.45) is 0 Å². The quantitative estimate of drug-likeness (QED) is 0.276. The van der Waals surface area contributed by atoms with E-state index in [1.165, 1.54) is 26.5 Å². The van der Waals surface area contributed by atoms with Gasteiger partial charge in [0.1, 0.15) is 34.5 Å². The number of rotatable bonds is 6. The molecule has 0 unspecified atom stereocenters. The van der Waals surface area contributed by atoms with Crippen LogP contribution in [0.3, 0.4) is 0 Å². The van der Waals surface area contributed by atoms with Gasteiger partial charge in [-0.1, -0.05) is 18.2 Å². The molecule has 37 heavy (non-hydrogen) atoms. The lowest BCUT2D eigenvalue weighted by molar-refractivity contribution is -0.135. The number of carbonyl (C=O) groups excluding carboxylic acids is 1. The van der Waals surface area contributed by atoms with Crippen LogP contribution in [0.15, 0.2) is 64.0 Å². The zero-order chi connectivity index (χ0) is 26.3. The average Bonchev–Trinajstić information content (AvgIpc) is 2.87. The molecule has 0 saturated heterocycles. The van der Waals surface area contributed by atoms with Gasteiger partial charge in [0, 0.05) is 17.5 Å². The van der Waals surface area contributed by atoms with Crippen molar-refractivity contribution in [1.29, 1.82) is 0 Å². The molecule has 8 heteroatoms. The number of methoxy groups -OCH3 is 2. The second-order valence-corrected chi connectivity index (χ2v) is 9.03. The molecular weight excluding hydrogens is 476 g/mol. The topological polar surface area (TPSA) is 104 Å². The number of fused-ring (bicyclic) bond motifs is 3. The van der Waals surface area contributed by atoms with Gasteiger partial charge in [-0.25, -0.2) is 0 Å². The number of hydrogen-bond donors (Lipinski definition) is 1. The van der Waals surface area contributed by atoms with E-state index in [1.54, 1.807) is 18.2 Å². The Hall–Kier alpha value is -4.46. The minimum Gasteiger partial charge on any atom is -0.507 e. The van der Waals surface area contributed by atoms with E-state index < -0.39 is 17.3 Å². The fourth-order valence-corrected chi connectivity index (χ4v) is 4.67. The van der Waals surface area contributed by atoms with Crippen molar-refractivity contribution >= 4 is 16.9 Å². The fraction of sp³-hybridized carbons (Fsp3) is 0.241. The average molecular weight is 503 g/mol. The molecule has 1 aliphatic heterocycles.